The van der Waals surface area contributed by atoms with E-state index in [4.69, 9.17) is 0 Å². The summed E-state index contributed by atoms with van der Waals surface area (Å²) in [6, 6.07) is 16.3. The fraction of sp³-hybridized carbons (Fsp3) is 0.259. The molecule has 0 radical (unpaired) electrons. The van der Waals surface area contributed by atoms with Crippen LogP contribution in [0.15, 0.2) is 61.2 Å². The largest absolute Gasteiger partial charge is 0.326 e. The van der Waals surface area contributed by atoms with Gasteiger partial charge < -0.3 is 9.88 Å². The lowest BCUT2D eigenvalue weighted by Gasteiger charge is -2.25. The maximum absolute atomic E-state index is 13.4. The van der Waals surface area contributed by atoms with Gasteiger partial charge >= 0.3 is 0 Å². The van der Waals surface area contributed by atoms with Gasteiger partial charge in [0.2, 0.25) is 5.91 Å². The highest BCUT2D eigenvalue weighted by molar-refractivity contribution is 5.93. The number of nitriles is 1. The number of carbonyl (C=O) groups is 1. The molecule has 0 bridgehead atoms. The molecule has 4 rings (SSSR count). The lowest BCUT2D eigenvalue weighted by molar-refractivity contribution is -0.117. The molecular weight excluding hydrogens is 457 g/mol. The molecule has 8 nitrogen and oxygen atoms in total. The van der Waals surface area contributed by atoms with E-state index >= 15 is 0 Å². The number of nitrogens with zero attached hydrogens (tertiary/aromatic N) is 6. The quantitative estimate of drug-likeness (QED) is 0.400. The zero-order chi connectivity index (χ0) is 25.8. The van der Waals surface area contributed by atoms with Crippen LogP contribution in [0.25, 0.3) is 5.69 Å². The minimum atomic E-state index is -0.310. The number of halogens is 1. The SMILES string of the molecule is Cc1c(C#N)c(NC(=O)CN(C)C(C)c2ccc(-n3cncn3)cc2)n(Cc2ccc(F)cc2)c1C. The van der Waals surface area contributed by atoms with Gasteiger partial charge in [0.25, 0.3) is 0 Å². The molecule has 1 atom stereocenters. The Balaban J connectivity index is 1.48. The van der Waals surface area contributed by atoms with Crippen LogP contribution in [0.4, 0.5) is 10.2 Å². The predicted molar refractivity (Wildman–Crippen MR) is 135 cm³/mol. The van der Waals surface area contributed by atoms with Gasteiger partial charge in [0, 0.05) is 18.3 Å². The summed E-state index contributed by atoms with van der Waals surface area (Å²) < 4.78 is 16.9. The second kappa shape index (κ2) is 10.5. The number of anilines is 1. The molecule has 2 aromatic heterocycles. The standard InChI is InChI=1S/C27H28FN7O/c1-18-19(2)34(14-21-5-9-23(28)10-6-21)27(25(18)13-29)32-26(36)15-33(4)20(3)22-7-11-24(12-8-22)35-17-30-16-31-35/h5-12,16-17,20H,14-15H2,1-4H3,(H,32,36). The molecule has 0 saturated heterocycles. The van der Waals surface area contributed by atoms with Crippen LogP contribution in [0.5, 0.6) is 0 Å². The first-order valence-electron chi connectivity index (χ1n) is 11.6. The van der Waals surface area contributed by atoms with E-state index in [0.717, 1.165) is 28.1 Å². The molecule has 0 aliphatic heterocycles. The maximum Gasteiger partial charge on any atom is 0.239 e. The lowest BCUT2D eigenvalue weighted by atomic mass is 10.1. The molecule has 4 aromatic rings. The van der Waals surface area contributed by atoms with Crippen LogP contribution >= 0.6 is 0 Å². The van der Waals surface area contributed by atoms with Crippen molar-refractivity contribution in [3.8, 4) is 11.8 Å². The minimum Gasteiger partial charge on any atom is -0.326 e. The van der Waals surface area contributed by atoms with E-state index in [1.807, 2.05) is 61.6 Å². The van der Waals surface area contributed by atoms with Crippen LogP contribution < -0.4 is 5.32 Å². The molecule has 9 heteroatoms. The Morgan fingerprint density at radius 3 is 2.47 bits per heavy atom. The first-order valence-corrected chi connectivity index (χ1v) is 11.6. The molecule has 36 heavy (non-hydrogen) atoms. The molecule has 1 N–H and O–H groups in total. The normalized spacial score (nSPS) is 11.9. The topological polar surface area (TPSA) is 91.8 Å². The third-order valence-electron chi connectivity index (χ3n) is 6.57. The van der Waals surface area contributed by atoms with E-state index < -0.39 is 0 Å². The maximum atomic E-state index is 13.4. The number of benzene rings is 2. The number of amides is 1. The number of carbonyl (C=O) groups excluding carboxylic acids is 1. The van der Waals surface area contributed by atoms with Crippen molar-refractivity contribution in [2.75, 3.05) is 18.9 Å². The second-order valence-corrected chi connectivity index (χ2v) is 8.83. The van der Waals surface area contributed by atoms with E-state index in [-0.39, 0.29) is 24.3 Å². The zero-order valence-corrected chi connectivity index (χ0v) is 20.7. The highest BCUT2D eigenvalue weighted by Crippen LogP contribution is 2.28. The van der Waals surface area contributed by atoms with Gasteiger partial charge in [-0.3, -0.25) is 9.69 Å². The summed E-state index contributed by atoms with van der Waals surface area (Å²) in [7, 11) is 1.88. The van der Waals surface area contributed by atoms with Crippen LogP contribution in [0.2, 0.25) is 0 Å². The molecule has 0 fully saturated rings. The second-order valence-electron chi connectivity index (χ2n) is 8.83. The fourth-order valence-corrected chi connectivity index (χ4v) is 4.14. The van der Waals surface area contributed by atoms with E-state index in [0.29, 0.717) is 17.9 Å². The molecular formula is C27H28FN7O. The molecule has 0 saturated carbocycles. The average Bonchev–Trinajstić information content (AvgIpc) is 3.49. The lowest BCUT2D eigenvalue weighted by Crippen LogP contribution is -2.33. The third-order valence-corrected chi connectivity index (χ3v) is 6.57. The van der Waals surface area contributed by atoms with Crippen molar-refractivity contribution in [2.24, 2.45) is 0 Å². The summed E-state index contributed by atoms with van der Waals surface area (Å²) in [5, 5.41) is 16.9. The van der Waals surface area contributed by atoms with Gasteiger partial charge in [-0.1, -0.05) is 24.3 Å². The van der Waals surface area contributed by atoms with Gasteiger partial charge in [-0.15, -0.1) is 0 Å². The van der Waals surface area contributed by atoms with E-state index in [1.165, 1.54) is 18.5 Å². The van der Waals surface area contributed by atoms with Gasteiger partial charge in [0.1, 0.15) is 30.4 Å². The number of aromatic nitrogens is 4. The highest BCUT2D eigenvalue weighted by atomic mass is 19.1. The van der Waals surface area contributed by atoms with Crippen molar-refractivity contribution in [3.05, 3.63) is 95.0 Å². The Bertz CT molecular complexity index is 1380. The van der Waals surface area contributed by atoms with E-state index in [9.17, 15) is 14.4 Å². The van der Waals surface area contributed by atoms with Crippen LogP contribution in [0, 0.1) is 31.0 Å². The number of hydrogen-bond acceptors (Lipinski definition) is 5. The third kappa shape index (κ3) is 5.19. The molecule has 0 spiro atoms. The van der Waals surface area contributed by atoms with E-state index in [1.54, 1.807) is 23.1 Å². The summed E-state index contributed by atoms with van der Waals surface area (Å²) in [6.07, 6.45) is 3.12. The Morgan fingerprint density at radius 1 is 1.17 bits per heavy atom. The molecule has 2 heterocycles. The Hall–Kier alpha value is -4.29. The van der Waals surface area contributed by atoms with Gasteiger partial charge in [-0.25, -0.2) is 14.1 Å². The van der Waals surface area contributed by atoms with Crippen molar-refractivity contribution in [1.82, 2.24) is 24.2 Å². The average molecular weight is 486 g/mol. The molecule has 0 aliphatic carbocycles. The van der Waals surface area contributed by atoms with Gasteiger partial charge in [-0.2, -0.15) is 10.4 Å². The van der Waals surface area contributed by atoms with Gasteiger partial charge in [0.15, 0.2) is 0 Å². The van der Waals surface area contributed by atoms with Crippen molar-refractivity contribution in [1.29, 1.82) is 5.26 Å². The van der Waals surface area contributed by atoms with Crippen LogP contribution in [-0.4, -0.2) is 43.7 Å². The monoisotopic (exact) mass is 485 g/mol. The van der Waals surface area contributed by atoms with Crippen LogP contribution in [-0.2, 0) is 11.3 Å². The van der Waals surface area contributed by atoms with Crippen molar-refractivity contribution in [3.63, 3.8) is 0 Å². The van der Waals surface area contributed by atoms with Gasteiger partial charge in [0.05, 0.1) is 17.8 Å². The van der Waals surface area contributed by atoms with E-state index in [2.05, 4.69) is 21.5 Å². The predicted octanol–water partition coefficient (Wildman–Crippen LogP) is 4.38. The van der Waals surface area contributed by atoms with Crippen molar-refractivity contribution >= 4 is 11.7 Å². The molecule has 1 amide bonds. The summed E-state index contributed by atoms with van der Waals surface area (Å²) in [5.41, 5.74) is 4.94. The van der Waals surface area contributed by atoms with Gasteiger partial charge in [-0.05, 0) is 68.8 Å². The summed E-state index contributed by atoms with van der Waals surface area (Å²) in [5.74, 6) is -0.0754. The molecule has 2 aromatic carbocycles. The number of rotatable bonds is 8. The number of likely N-dealkylation sites (N-methyl/N-ethyl adjacent to an activating group) is 1. The Morgan fingerprint density at radius 2 is 1.86 bits per heavy atom. The highest BCUT2D eigenvalue weighted by Gasteiger charge is 2.22. The molecule has 1 unspecified atom stereocenters. The molecule has 0 aliphatic rings. The minimum absolute atomic E-state index is 0.0227. The Labute approximate surface area is 209 Å². The summed E-state index contributed by atoms with van der Waals surface area (Å²) in [4.78, 5) is 19.0. The smallest absolute Gasteiger partial charge is 0.239 e. The zero-order valence-electron chi connectivity index (χ0n) is 20.7. The summed E-state index contributed by atoms with van der Waals surface area (Å²) >= 11 is 0. The Kier molecular flexibility index (Phi) is 7.27. The van der Waals surface area contributed by atoms with Crippen LogP contribution in [0.3, 0.4) is 0 Å². The van der Waals surface area contributed by atoms with Crippen molar-refractivity contribution < 1.29 is 9.18 Å². The first kappa shape index (κ1) is 24.8. The van der Waals surface area contributed by atoms with Crippen LogP contribution in [0.1, 0.15) is 40.9 Å². The van der Waals surface area contributed by atoms with Crippen molar-refractivity contribution in [2.45, 2.75) is 33.4 Å². The summed E-state index contributed by atoms with van der Waals surface area (Å²) in [6.45, 7) is 6.35. The fourth-order valence-electron chi connectivity index (χ4n) is 4.14. The number of nitrogens with one attached hydrogen (secondary N) is 1. The number of hydrogen-bond donors (Lipinski definition) is 1. The molecule has 184 valence electrons. The first-order chi connectivity index (χ1) is 17.3.